The summed E-state index contributed by atoms with van der Waals surface area (Å²) in [6.45, 7) is -0.173. The van der Waals surface area contributed by atoms with Gasteiger partial charge < -0.3 is 5.73 Å². The molecule has 92 valence electrons. The molecule has 16 heavy (non-hydrogen) atoms. The maximum absolute atomic E-state index is 12.0. The molecule has 0 bridgehead atoms. The molecule has 1 aliphatic rings. The summed E-state index contributed by atoms with van der Waals surface area (Å²) in [6.07, 6.45) is -5.12. The van der Waals surface area contributed by atoms with Gasteiger partial charge in [0.25, 0.3) is 0 Å². The summed E-state index contributed by atoms with van der Waals surface area (Å²) in [5.74, 6) is -2.39. The molecule has 1 rings (SSSR count). The van der Waals surface area contributed by atoms with Crippen LogP contribution in [-0.2, 0) is 9.63 Å². The van der Waals surface area contributed by atoms with Gasteiger partial charge in [-0.05, 0) is 4.65 Å². The van der Waals surface area contributed by atoms with Gasteiger partial charge in [-0.2, -0.15) is 13.2 Å². The topological polar surface area (TPSA) is 81.4 Å². The maximum Gasteiger partial charge on any atom is 0.497 e. The van der Waals surface area contributed by atoms with Gasteiger partial charge in [-0.25, -0.2) is 9.59 Å². The molecule has 1 saturated heterocycles. The zero-order valence-corrected chi connectivity index (χ0v) is 8.21. The van der Waals surface area contributed by atoms with E-state index >= 15 is 0 Å². The van der Waals surface area contributed by atoms with E-state index in [1.54, 1.807) is 0 Å². The number of halogens is 3. The third kappa shape index (κ3) is 2.42. The number of nitrogens with zero attached hydrogens (tertiary/aromatic N) is 1. The lowest BCUT2D eigenvalue weighted by Gasteiger charge is -2.25. The minimum atomic E-state index is -5.12. The second-order valence-corrected chi connectivity index (χ2v) is 3.23. The van der Waals surface area contributed by atoms with Gasteiger partial charge in [-0.1, -0.05) is 0 Å². The van der Waals surface area contributed by atoms with Crippen molar-refractivity contribution in [3.05, 3.63) is 0 Å². The van der Waals surface area contributed by atoms with E-state index < -0.39 is 22.8 Å². The number of carbonyl (C=O) groups excluding carboxylic acids is 2. The predicted molar refractivity (Wildman–Crippen MR) is 44.6 cm³/mol. The highest BCUT2D eigenvalue weighted by atomic mass is 19.4. The molecule has 3 N–H and O–H groups in total. The van der Waals surface area contributed by atoms with E-state index in [1.807, 2.05) is 0 Å². The van der Waals surface area contributed by atoms with Crippen LogP contribution in [0.15, 0.2) is 0 Å². The van der Waals surface area contributed by atoms with Crippen LogP contribution in [0.3, 0.4) is 0 Å². The van der Waals surface area contributed by atoms with Crippen molar-refractivity contribution >= 4 is 12.0 Å². The van der Waals surface area contributed by atoms with E-state index in [9.17, 15) is 22.8 Å². The molecular formula is C7H11F3N3O3+. The Morgan fingerprint density at radius 1 is 1.56 bits per heavy atom. The number of amides is 2. The number of nitrogens with one attached hydrogen (secondary N) is 1. The molecule has 1 fully saturated rings. The average Bonchev–Trinajstić information content (AvgIpc) is 2.47. The summed E-state index contributed by atoms with van der Waals surface area (Å²) in [5, 5.41) is 2.29. The first-order chi connectivity index (χ1) is 7.32. The van der Waals surface area contributed by atoms with Gasteiger partial charge in [-0.15, -0.1) is 0 Å². The van der Waals surface area contributed by atoms with E-state index in [2.05, 4.69) is 10.2 Å². The number of carbonyl (C=O) groups is 2. The zero-order valence-electron chi connectivity index (χ0n) is 8.21. The third-order valence-electron chi connectivity index (χ3n) is 2.10. The lowest BCUT2D eigenvalue weighted by atomic mass is 10.5. The Morgan fingerprint density at radius 2 is 2.19 bits per heavy atom. The van der Waals surface area contributed by atoms with Crippen LogP contribution in [0.25, 0.3) is 0 Å². The molecule has 0 aromatic rings. The number of urea groups is 1. The van der Waals surface area contributed by atoms with Gasteiger partial charge in [0, 0.05) is 6.54 Å². The maximum atomic E-state index is 12.0. The molecule has 0 aliphatic carbocycles. The van der Waals surface area contributed by atoms with Crippen LogP contribution in [0.2, 0.25) is 0 Å². The van der Waals surface area contributed by atoms with Gasteiger partial charge in [0.2, 0.25) is 0 Å². The first kappa shape index (κ1) is 12.7. The van der Waals surface area contributed by atoms with Crippen LogP contribution in [0.1, 0.15) is 0 Å². The molecule has 1 heterocycles. The van der Waals surface area contributed by atoms with Gasteiger partial charge in [0.05, 0.1) is 6.54 Å². The van der Waals surface area contributed by atoms with Gasteiger partial charge >= 0.3 is 18.2 Å². The predicted octanol–water partition coefficient (Wildman–Crippen LogP) is -0.494. The number of nitrogens with two attached hydrogens (primary N) is 1. The fourth-order valence-electron chi connectivity index (χ4n) is 1.35. The second kappa shape index (κ2) is 4.26. The number of quaternary nitrogens is 1. The van der Waals surface area contributed by atoms with Crippen molar-refractivity contribution in [1.29, 1.82) is 0 Å². The normalized spacial score (nSPS) is 25.4. The summed E-state index contributed by atoms with van der Waals surface area (Å²) in [4.78, 5) is 26.2. The van der Waals surface area contributed by atoms with Crippen molar-refractivity contribution < 1.29 is 32.2 Å². The lowest BCUT2D eigenvalue weighted by molar-refractivity contribution is -1.02. The van der Waals surface area contributed by atoms with Crippen LogP contribution in [0, 0.1) is 0 Å². The van der Waals surface area contributed by atoms with Crippen LogP contribution >= 0.6 is 0 Å². The fourth-order valence-corrected chi connectivity index (χ4v) is 1.35. The van der Waals surface area contributed by atoms with Gasteiger partial charge in [0.1, 0.15) is 13.1 Å². The van der Waals surface area contributed by atoms with Crippen LogP contribution in [-0.4, -0.2) is 49.0 Å². The van der Waals surface area contributed by atoms with Crippen molar-refractivity contribution in [2.75, 3.05) is 26.2 Å². The quantitative estimate of drug-likeness (QED) is 0.654. The molecule has 9 heteroatoms. The standard InChI is InChI=1S/C7H10F3N3O3/c8-7(9,10)5(14)16-13(3-1-11)4-2-12-6(13)15/h1-4,11H2/p+1. The largest absolute Gasteiger partial charge is 0.497 e. The Morgan fingerprint density at radius 3 is 2.56 bits per heavy atom. The highest BCUT2D eigenvalue weighted by Gasteiger charge is 2.53. The molecule has 1 unspecified atom stereocenters. The minimum absolute atomic E-state index is 0.0577. The molecule has 0 radical (unpaired) electrons. The molecule has 0 spiro atoms. The summed E-state index contributed by atoms with van der Waals surface area (Å²) in [6, 6.07) is -0.789. The first-order valence-corrected chi connectivity index (χ1v) is 4.48. The monoisotopic (exact) mass is 242 g/mol. The van der Waals surface area contributed by atoms with Crippen LogP contribution in [0.4, 0.5) is 18.0 Å². The van der Waals surface area contributed by atoms with E-state index in [4.69, 9.17) is 5.73 Å². The number of alkyl halides is 3. The van der Waals surface area contributed by atoms with Crippen LogP contribution < -0.4 is 11.1 Å². The molecule has 0 aromatic heterocycles. The smallest absolute Gasteiger partial charge is 0.325 e. The number of rotatable bonds is 3. The molecular weight excluding hydrogens is 231 g/mol. The summed E-state index contributed by atoms with van der Waals surface area (Å²) in [7, 11) is 0. The van der Waals surface area contributed by atoms with Gasteiger partial charge in [0.15, 0.2) is 0 Å². The fraction of sp³-hybridized carbons (Fsp3) is 0.714. The third-order valence-corrected chi connectivity index (χ3v) is 2.10. The Kier molecular flexibility index (Phi) is 3.38. The summed E-state index contributed by atoms with van der Waals surface area (Å²) in [5.41, 5.74) is 5.17. The summed E-state index contributed by atoms with van der Waals surface area (Å²) >= 11 is 0. The molecule has 0 saturated carbocycles. The molecule has 0 aromatic carbocycles. The van der Waals surface area contributed by atoms with E-state index in [1.165, 1.54) is 0 Å². The van der Waals surface area contributed by atoms with Crippen molar-refractivity contribution in [1.82, 2.24) is 5.32 Å². The molecule has 2 amide bonds. The average molecular weight is 242 g/mol. The van der Waals surface area contributed by atoms with Crippen molar-refractivity contribution in [3.63, 3.8) is 0 Å². The minimum Gasteiger partial charge on any atom is -0.325 e. The van der Waals surface area contributed by atoms with E-state index in [0.29, 0.717) is 0 Å². The number of hydroxylamine groups is 3. The lowest BCUT2D eigenvalue weighted by Crippen LogP contribution is -2.55. The SMILES string of the molecule is NCC[N+]1(OC(=O)C(F)(F)F)CCNC1=O. The second-order valence-electron chi connectivity index (χ2n) is 3.23. The Hall–Kier alpha value is -1.35. The van der Waals surface area contributed by atoms with E-state index in [0.717, 1.165) is 0 Å². The van der Waals surface area contributed by atoms with Crippen molar-refractivity contribution in [3.8, 4) is 0 Å². The first-order valence-electron chi connectivity index (χ1n) is 4.48. The van der Waals surface area contributed by atoms with E-state index in [-0.39, 0.29) is 26.2 Å². The zero-order chi connectivity index (χ0) is 12.4. The number of hydrogen-bond acceptors (Lipinski definition) is 4. The molecule has 1 aliphatic heterocycles. The molecule has 6 nitrogen and oxygen atoms in total. The Balaban J connectivity index is 2.80. The van der Waals surface area contributed by atoms with Crippen molar-refractivity contribution in [2.45, 2.75) is 6.18 Å². The molecule has 1 atom stereocenters. The Labute approximate surface area is 88.7 Å². The Bertz CT molecular complexity index is 307. The van der Waals surface area contributed by atoms with Crippen LogP contribution in [0.5, 0.6) is 0 Å². The van der Waals surface area contributed by atoms with Gasteiger partial charge in [-0.3, -0.25) is 10.2 Å². The highest BCUT2D eigenvalue weighted by molar-refractivity contribution is 5.76. The number of hydrogen-bond donors (Lipinski definition) is 2. The summed E-state index contributed by atoms with van der Waals surface area (Å²) < 4.78 is 34.9. The highest BCUT2D eigenvalue weighted by Crippen LogP contribution is 2.22. The van der Waals surface area contributed by atoms with Crippen molar-refractivity contribution in [2.24, 2.45) is 5.73 Å².